The maximum Gasteiger partial charge on any atom is 0.248 e. The number of hydrogen-bond donors (Lipinski definition) is 1. The van der Waals surface area contributed by atoms with E-state index in [1.165, 1.54) is 0 Å². The lowest BCUT2D eigenvalue weighted by atomic mass is 9.97. The molecule has 18 heavy (non-hydrogen) atoms. The van der Waals surface area contributed by atoms with Crippen LogP contribution in [0.2, 0.25) is 0 Å². The maximum absolute atomic E-state index is 12.2. The van der Waals surface area contributed by atoms with Gasteiger partial charge in [-0.2, -0.15) is 0 Å². The van der Waals surface area contributed by atoms with E-state index in [-0.39, 0.29) is 11.8 Å². The minimum Gasteiger partial charge on any atom is -0.379 e. The minimum absolute atomic E-state index is 0.0677. The van der Waals surface area contributed by atoms with Crippen LogP contribution in [0.5, 0.6) is 0 Å². The van der Waals surface area contributed by atoms with E-state index in [1.54, 1.807) is 31.7 Å². The lowest BCUT2D eigenvalue weighted by molar-refractivity contribution is -0.153. The zero-order chi connectivity index (χ0) is 13.8. The number of nitrogens with zero attached hydrogens (tertiary/aromatic N) is 1. The number of ether oxygens (including phenoxy) is 1. The molecule has 0 radical (unpaired) electrons. The second kappa shape index (κ2) is 6.00. The number of hydrogen-bond acceptors (Lipinski definition) is 3. The molecule has 0 bridgehead atoms. The molecule has 1 aliphatic heterocycles. The fourth-order valence-corrected chi connectivity index (χ4v) is 1.87. The first-order valence-corrected chi connectivity index (χ1v) is 6.22. The highest BCUT2D eigenvalue weighted by Crippen LogP contribution is 2.17. The predicted octanol–water partition coefficient (Wildman–Crippen LogP) is 0.705. The summed E-state index contributed by atoms with van der Waals surface area (Å²) >= 11 is 0. The normalized spacial score (nSPS) is 22.8. The summed E-state index contributed by atoms with van der Waals surface area (Å²) in [7, 11) is 0. The average Bonchev–Trinajstić information content (AvgIpc) is 2.30. The van der Waals surface area contributed by atoms with Crippen molar-refractivity contribution in [3.63, 3.8) is 0 Å². The molecule has 1 saturated heterocycles. The van der Waals surface area contributed by atoms with Gasteiger partial charge >= 0.3 is 0 Å². The molecule has 0 aromatic heterocycles. The fourth-order valence-electron chi connectivity index (χ4n) is 1.87. The van der Waals surface area contributed by atoms with Crippen molar-refractivity contribution < 1.29 is 14.3 Å². The van der Waals surface area contributed by atoms with Crippen molar-refractivity contribution in [3.05, 3.63) is 12.7 Å². The molecule has 0 spiro atoms. The quantitative estimate of drug-likeness (QED) is 0.561. The Morgan fingerprint density at radius 2 is 2.11 bits per heavy atom. The molecule has 0 aliphatic carbocycles. The van der Waals surface area contributed by atoms with Gasteiger partial charge in [0.2, 0.25) is 11.8 Å². The Hall–Kier alpha value is -1.36. The van der Waals surface area contributed by atoms with Gasteiger partial charge in [0.05, 0.1) is 13.2 Å². The van der Waals surface area contributed by atoms with Crippen molar-refractivity contribution in [1.29, 1.82) is 0 Å². The van der Waals surface area contributed by atoms with Gasteiger partial charge in [-0.05, 0) is 27.2 Å². The van der Waals surface area contributed by atoms with Crippen molar-refractivity contribution in [2.24, 2.45) is 0 Å². The summed E-state index contributed by atoms with van der Waals surface area (Å²) < 4.78 is 5.38. The highest BCUT2D eigenvalue weighted by Gasteiger charge is 2.42. The van der Waals surface area contributed by atoms with Crippen LogP contribution in [0.15, 0.2) is 12.7 Å². The van der Waals surface area contributed by atoms with Gasteiger partial charge in [0.15, 0.2) is 0 Å². The number of nitrogens with one attached hydrogen (secondary N) is 1. The van der Waals surface area contributed by atoms with E-state index in [2.05, 4.69) is 11.9 Å². The molecule has 5 heteroatoms. The molecular weight excluding hydrogens is 232 g/mol. The van der Waals surface area contributed by atoms with Crippen LogP contribution in [-0.2, 0) is 14.3 Å². The summed E-state index contributed by atoms with van der Waals surface area (Å²) in [6.07, 6.45) is 2.57. The Kier molecular flexibility index (Phi) is 4.90. The highest BCUT2D eigenvalue weighted by molar-refractivity contribution is 5.99. The molecule has 1 fully saturated rings. The molecule has 2 amide bonds. The Morgan fingerprint density at radius 1 is 1.44 bits per heavy atom. The van der Waals surface area contributed by atoms with Crippen molar-refractivity contribution in [2.45, 2.75) is 38.8 Å². The van der Waals surface area contributed by atoms with Crippen molar-refractivity contribution in [2.75, 3.05) is 19.8 Å². The summed E-state index contributed by atoms with van der Waals surface area (Å²) in [6, 6.07) is -0.437. The van der Waals surface area contributed by atoms with Gasteiger partial charge in [0, 0.05) is 6.54 Å². The summed E-state index contributed by atoms with van der Waals surface area (Å²) in [6.45, 7) is 10.2. The van der Waals surface area contributed by atoms with E-state index in [0.29, 0.717) is 19.8 Å². The topological polar surface area (TPSA) is 58.6 Å². The molecule has 1 aliphatic rings. The summed E-state index contributed by atoms with van der Waals surface area (Å²) in [5.74, 6) is -0.187. The van der Waals surface area contributed by atoms with Crippen molar-refractivity contribution >= 4 is 11.8 Å². The number of rotatable bonds is 6. The van der Waals surface area contributed by atoms with Crippen molar-refractivity contribution in [1.82, 2.24) is 10.2 Å². The second-order valence-electron chi connectivity index (χ2n) is 4.98. The van der Waals surface area contributed by atoms with Gasteiger partial charge in [0.25, 0.3) is 0 Å². The van der Waals surface area contributed by atoms with Crippen LogP contribution >= 0.6 is 0 Å². The van der Waals surface area contributed by atoms with Gasteiger partial charge in [0.1, 0.15) is 11.6 Å². The third-order valence-electron chi connectivity index (χ3n) is 3.02. The van der Waals surface area contributed by atoms with Crippen LogP contribution in [0.25, 0.3) is 0 Å². The second-order valence-corrected chi connectivity index (χ2v) is 4.98. The molecule has 1 N–H and O–H groups in total. The molecule has 102 valence electrons. The molecule has 1 unspecified atom stereocenters. The minimum atomic E-state index is -0.829. The number of carbonyl (C=O) groups is 2. The maximum atomic E-state index is 12.2. The van der Waals surface area contributed by atoms with Crippen LogP contribution in [0.4, 0.5) is 0 Å². The molecule has 1 atom stereocenters. The SMILES string of the molecule is C=CCCOCCN1C(=O)C(C)(C)NC(=O)C1C. The lowest BCUT2D eigenvalue weighted by Crippen LogP contribution is -2.67. The molecule has 0 aromatic rings. The molecular formula is C13H22N2O3. The first-order valence-electron chi connectivity index (χ1n) is 6.22. The van der Waals surface area contributed by atoms with Gasteiger partial charge in [-0.25, -0.2) is 0 Å². The van der Waals surface area contributed by atoms with Crippen molar-refractivity contribution in [3.8, 4) is 0 Å². The monoisotopic (exact) mass is 254 g/mol. The lowest BCUT2D eigenvalue weighted by Gasteiger charge is -2.41. The van der Waals surface area contributed by atoms with Gasteiger partial charge < -0.3 is 15.0 Å². The summed E-state index contributed by atoms with van der Waals surface area (Å²) in [5.41, 5.74) is -0.829. The number of amides is 2. The Balaban J connectivity index is 2.53. The molecule has 1 heterocycles. The van der Waals surface area contributed by atoms with Gasteiger partial charge in [-0.1, -0.05) is 6.08 Å². The Bertz CT molecular complexity index is 339. The standard InChI is InChI=1S/C13H22N2O3/c1-5-6-8-18-9-7-15-10(2)11(16)14-13(3,4)12(15)17/h5,10H,1,6-9H2,2-4H3,(H,14,16). The average molecular weight is 254 g/mol. The molecule has 5 nitrogen and oxygen atoms in total. The highest BCUT2D eigenvalue weighted by atomic mass is 16.5. The van der Waals surface area contributed by atoms with Crippen LogP contribution in [0.3, 0.4) is 0 Å². The van der Waals surface area contributed by atoms with Crippen LogP contribution in [-0.4, -0.2) is 48.1 Å². The fraction of sp³-hybridized carbons (Fsp3) is 0.692. The van der Waals surface area contributed by atoms with E-state index in [0.717, 1.165) is 6.42 Å². The molecule has 0 saturated carbocycles. The zero-order valence-corrected chi connectivity index (χ0v) is 11.4. The van der Waals surface area contributed by atoms with Gasteiger partial charge in [-0.15, -0.1) is 6.58 Å². The summed E-state index contributed by atoms with van der Waals surface area (Å²) in [5, 5.41) is 2.71. The smallest absolute Gasteiger partial charge is 0.248 e. The number of piperazine rings is 1. The Morgan fingerprint density at radius 3 is 2.72 bits per heavy atom. The van der Waals surface area contributed by atoms with E-state index in [1.807, 2.05) is 0 Å². The predicted molar refractivity (Wildman–Crippen MR) is 69.0 cm³/mol. The van der Waals surface area contributed by atoms with Gasteiger partial charge in [-0.3, -0.25) is 9.59 Å². The third-order valence-corrected chi connectivity index (χ3v) is 3.02. The van der Waals surface area contributed by atoms with Crippen LogP contribution in [0, 0.1) is 0 Å². The first kappa shape index (κ1) is 14.7. The zero-order valence-electron chi connectivity index (χ0n) is 11.4. The third kappa shape index (κ3) is 3.32. The van der Waals surface area contributed by atoms with E-state index in [9.17, 15) is 9.59 Å². The largest absolute Gasteiger partial charge is 0.379 e. The van der Waals surface area contributed by atoms with Crippen LogP contribution < -0.4 is 5.32 Å². The first-order chi connectivity index (χ1) is 8.40. The van der Waals surface area contributed by atoms with E-state index < -0.39 is 11.6 Å². The van der Waals surface area contributed by atoms with E-state index >= 15 is 0 Å². The number of carbonyl (C=O) groups excluding carboxylic acids is 2. The van der Waals surface area contributed by atoms with E-state index in [4.69, 9.17) is 4.74 Å². The summed E-state index contributed by atoms with van der Waals surface area (Å²) in [4.78, 5) is 25.5. The molecule has 0 aromatic carbocycles. The van der Waals surface area contributed by atoms with Crippen LogP contribution in [0.1, 0.15) is 27.2 Å². The Labute approximate surface area is 108 Å². The molecule has 1 rings (SSSR count).